The first kappa shape index (κ1) is 9.46. The second-order valence-corrected chi connectivity index (χ2v) is 3.88. The van der Waals surface area contributed by atoms with Crippen molar-refractivity contribution in [2.75, 3.05) is 0 Å². The molecule has 2 N–H and O–H groups in total. The van der Waals surface area contributed by atoms with Crippen molar-refractivity contribution in [1.82, 2.24) is 15.5 Å². The molecule has 0 spiro atoms. The van der Waals surface area contributed by atoms with Crippen molar-refractivity contribution in [2.24, 2.45) is 0 Å². The number of aromatic nitrogens is 2. The Morgan fingerprint density at radius 2 is 2.50 bits per heavy atom. The second kappa shape index (κ2) is 4.42. The van der Waals surface area contributed by atoms with E-state index in [-0.39, 0.29) is 0 Å². The Morgan fingerprint density at radius 1 is 1.57 bits per heavy atom. The van der Waals surface area contributed by atoms with Crippen molar-refractivity contribution in [3.8, 4) is 0 Å². The number of nitrogens with one attached hydrogen (secondary N) is 2. The summed E-state index contributed by atoms with van der Waals surface area (Å²) in [7, 11) is 0. The van der Waals surface area contributed by atoms with Gasteiger partial charge in [0.2, 0.25) is 0 Å². The molecule has 3 nitrogen and oxygen atoms in total. The van der Waals surface area contributed by atoms with E-state index in [1.165, 1.54) is 24.1 Å². The van der Waals surface area contributed by atoms with E-state index in [4.69, 9.17) is 0 Å². The van der Waals surface area contributed by atoms with Crippen molar-refractivity contribution in [1.29, 1.82) is 0 Å². The largest absolute Gasteiger partial charge is 0.309 e. The monoisotopic (exact) mass is 191 g/mol. The molecule has 1 aromatic rings. The van der Waals surface area contributed by atoms with Gasteiger partial charge in [0, 0.05) is 23.8 Å². The van der Waals surface area contributed by atoms with E-state index in [9.17, 15) is 0 Å². The van der Waals surface area contributed by atoms with Crippen LogP contribution in [0.25, 0.3) is 0 Å². The molecule has 0 bridgehead atoms. The molecule has 1 aliphatic rings. The molecule has 3 heteroatoms. The fourth-order valence-electron chi connectivity index (χ4n) is 1.79. The van der Waals surface area contributed by atoms with Crippen LogP contribution in [-0.4, -0.2) is 16.2 Å². The predicted molar refractivity (Wildman–Crippen MR) is 56.9 cm³/mol. The van der Waals surface area contributed by atoms with Crippen molar-refractivity contribution in [2.45, 2.75) is 38.8 Å². The highest BCUT2D eigenvalue weighted by atomic mass is 15.1. The lowest BCUT2D eigenvalue weighted by Gasteiger charge is -2.19. The Hall–Kier alpha value is -1.09. The van der Waals surface area contributed by atoms with Crippen molar-refractivity contribution < 1.29 is 0 Å². The van der Waals surface area contributed by atoms with Crippen molar-refractivity contribution in [3.63, 3.8) is 0 Å². The summed E-state index contributed by atoms with van der Waals surface area (Å²) in [6.45, 7) is 2.99. The molecule has 1 aromatic heterocycles. The van der Waals surface area contributed by atoms with Gasteiger partial charge in [-0.05, 0) is 26.2 Å². The van der Waals surface area contributed by atoms with Gasteiger partial charge in [-0.15, -0.1) is 0 Å². The third-order valence-corrected chi connectivity index (χ3v) is 2.78. The van der Waals surface area contributed by atoms with Gasteiger partial charge in [0.1, 0.15) is 0 Å². The summed E-state index contributed by atoms with van der Waals surface area (Å²) in [5.74, 6) is 0. The molecule has 1 unspecified atom stereocenters. The van der Waals surface area contributed by atoms with Gasteiger partial charge in [-0.3, -0.25) is 5.10 Å². The standard InChI is InChI=1S/C11H17N3/c1-9-10(8-13-14-9)7-12-11-5-3-2-4-6-11/h2-3,8,11-12H,4-7H2,1H3,(H,13,14). The number of rotatable bonds is 3. The van der Waals surface area contributed by atoms with Crippen LogP contribution < -0.4 is 5.32 Å². The Kier molecular flexibility index (Phi) is 2.99. The van der Waals surface area contributed by atoms with Crippen LogP contribution in [0.4, 0.5) is 0 Å². The summed E-state index contributed by atoms with van der Waals surface area (Å²) in [6.07, 6.45) is 10.1. The molecule has 0 saturated heterocycles. The highest BCUT2D eigenvalue weighted by Gasteiger charge is 2.09. The van der Waals surface area contributed by atoms with Gasteiger partial charge < -0.3 is 5.32 Å². The van der Waals surface area contributed by atoms with Crippen LogP contribution in [0.2, 0.25) is 0 Å². The van der Waals surface area contributed by atoms with Gasteiger partial charge in [-0.1, -0.05) is 12.2 Å². The summed E-state index contributed by atoms with van der Waals surface area (Å²) >= 11 is 0. The third kappa shape index (κ3) is 2.23. The van der Waals surface area contributed by atoms with E-state index in [1.807, 2.05) is 6.20 Å². The lowest BCUT2D eigenvalue weighted by atomic mass is 10.0. The van der Waals surface area contributed by atoms with E-state index >= 15 is 0 Å². The molecular weight excluding hydrogens is 174 g/mol. The number of hydrogen-bond acceptors (Lipinski definition) is 2. The number of hydrogen-bond donors (Lipinski definition) is 2. The summed E-state index contributed by atoms with van der Waals surface area (Å²) in [6, 6.07) is 0.648. The Balaban J connectivity index is 1.82. The average molecular weight is 191 g/mol. The van der Waals surface area contributed by atoms with Crippen LogP contribution in [0, 0.1) is 6.92 Å². The lowest BCUT2D eigenvalue weighted by molar-refractivity contribution is 0.474. The zero-order valence-corrected chi connectivity index (χ0v) is 8.59. The highest BCUT2D eigenvalue weighted by Crippen LogP contribution is 2.11. The highest BCUT2D eigenvalue weighted by molar-refractivity contribution is 5.14. The molecule has 0 aromatic carbocycles. The fourth-order valence-corrected chi connectivity index (χ4v) is 1.79. The zero-order chi connectivity index (χ0) is 9.80. The fraction of sp³-hybridized carbons (Fsp3) is 0.545. The van der Waals surface area contributed by atoms with Gasteiger partial charge in [0.05, 0.1) is 6.20 Å². The molecule has 1 aliphatic carbocycles. The minimum absolute atomic E-state index is 0.648. The zero-order valence-electron chi connectivity index (χ0n) is 8.59. The Morgan fingerprint density at radius 3 is 3.14 bits per heavy atom. The van der Waals surface area contributed by atoms with E-state index < -0.39 is 0 Å². The number of aryl methyl sites for hydroxylation is 1. The summed E-state index contributed by atoms with van der Waals surface area (Å²) in [4.78, 5) is 0. The van der Waals surface area contributed by atoms with Gasteiger partial charge in [0.15, 0.2) is 0 Å². The van der Waals surface area contributed by atoms with E-state index in [0.29, 0.717) is 6.04 Å². The maximum atomic E-state index is 4.01. The van der Waals surface area contributed by atoms with Crippen LogP contribution >= 0.6 is 0 Å². The molecule has 0 fully saturated rings. The summed E-state index contributed by atoms with van der Waals surface area (Å²) < 4.78 is 0. The van der Waals surface area contributed by atoms with E-state index in [1.54, 1.807) is 0 Å². The topological polar surface area (TPSA) is 40.7 Å². The van der Waals surface area contributed by atoms with Crippen LogP contribution in [0.15, 0.2) is 18.3 Å². The minimum Gasteiger partial charge on any atom is -0.309 e. The first-order chi connectivity index (χ1) is 6.86. The molecule has 0 aliphatic heterocycles. The molecule has 76 valence electrons. The number of allylic oxidation sites excluding steroid dienone is 1. The van der Waals surface area contributed by atoms with Gasteiger partial charge in [-0.2, -0.15) is 5.10 Å². The molecule has 0 radical (unpaired) electrons. The van der Waals surface area contributed by atoms with Crippen molar-refractivity contribution >= 4 is 0 Å². The molecule has 2 rings (SSSR count). The molecule has 14 heavy (non-hydrogen) atoms. The van der Waals surface area contributed by atoms with Crippen LogP contribution in [-0.2, 0) is 6.54 Å². The van der Waals surface area contributed by atoms with Crippen molar-refractivity contribution in [3.05, 3.63) is 29.6 Å². The Labute approximate surface area is 84.6 Å². The van der Waals surface area contributed by atoms with Crippen LogP contribution in [0.3, 0.4) is 0 Å². The van der Waals surface area contributed by atoms with Gasteiger partial charge >= 0.3 is 0 Å². The molecule has 0 amide bonds. The SMILES string of the molecule is Cc1[nH]ncc1CNC1CC=CCC1. The molecule has 1 atom stereocenters. The Bertz CT molecular complexity index is 314. The van der Waals surface area contributed by atoms with Crippen LogP contribution in [0.1, 0.15) is 30.5 Å². The number of H-pyrrole nitrogens is 1. The number of aromatic amines is 1. The van der Waals surface area contributed by atoms with E-state index in [0.717, 1.165) is 13.0 Å². The average Bonchev–Trinajstić information content (AvgIpc) is 2.63. The van der Waals surface area contributed by atoms with E-state index in [2.05, 4.69) is 34.6 Å². The molecule has 0 saturated carbocycles. The maximum Gasteiger partial charge on any atom is 0.0535 e. The molecule has 1 heterocycles. The normalized spacial score (nSPS) is 21.4. The second-order valence-electron chi connectivity index (χ2n) is 3.88. The summed E-state index contributed by atoms with van der Waals surface area (Å²) in [5.41, 5.74) is 2.45. The first-order valence-corrected chi connectivity index (χ1v) is 5.23. The first-order valence-electron chi connectivity index (χ1n) is 5.23. The van der Waals surface area contributed by atoms with Gasteiger partial charge in [0.25, 0.3) is 0 Å². The van der Waals surface area contributed by atoms with Gasteiger partial charge in [-0.25, -0.2) is 0 Å². The molecular formula is C11H17N3. The van der Waals surface area contributed by atoms with Crippen LogP contribution in [0.5, 0.6) is 0 Å². The maximum absolute atomic E-state index is 4.01. The predicted octanol–water partition coefficient (Wildman–Crippen LogP) is 1.92. The number of nitrogens with zero attached hydrogens (tertiary/aromatic N) is 1. The minimum atomic E-state index is 0.648. The summed E-state index contributed by atoms with van der Waals surface area (Å²) in [5, 5.41) is 10.5. The quantitative estimate of drug-likeness (QED) is 0.717. The lowest BCUT2D eigenvalue weighted by Crippen LogP contribution is -2.29. The smallest absolute Gasteiger partial charge is 0.0535 e. The third-order valence-electron chi connectivity index (χ3n) is 2.78.